The van der Waals surface area contributed by atoms with Crippen molar-refractivity contribution in [1.82, 2.24) is 0 Å². The minimum absolute atomic E-state index is 0.190. The Hall–Kier alpha value is -6.56. The summed E-state index contributed by atoms with van der Waals surface area (Å²) in [5.41, 5.74) is 0.0285. The molecule has 8 rings (SSSR count). The molecule has 0 saturated carbocycles. The van der Waals surface area contributed by atoms with Crippen molar-refractivity contribution in [1.29, 1.82) is 0 Å². The summed E-state index contributed by atoms with van der Waals surface area (Å²) < 4.78 is 162. The number of rotatable bonds is 7. The zero-order chi connectivity index (χ0) is 45.4. The molecule has 12 heteroatoms. The van der Waals surface area contributed by atoms with Crippen LogP contribution in [0.25, 0.3) is 66.1 Å². The summed E-state index contributed by atoms with van der Waals surface area (Å²) in [6, 6.07) is 33.7. The average molecular weight is 875 g/mol. The van der Waals surface area contributed by atoms with Gasteiger partial charge in [0.1, 0.15) is 46.0 Å². The summed E-state index contributed by atoms with van der Waals surface area (Å²) >= 11 is 0. The van der Waals surface area contributed by atoms with Gasteiger partial charge in [-0.15, -0.1) is 0 Å². The molecule has 0 amide bonds. The molecule has 63 heavy (non-hydrogen) atoms. The van der Waals surface area contributed by atoms with Gasteiger partial charge in [0, 0.05) is 11.1 Å². The minimum Gasteiger partial charge on any atom is -0.206 e. The molecule has 0 N–H and O–H groups in total. The second-order valence-corrected chi connectivity index (χ2v) is 14.9. The van der Waals surface area contributed by atoms with E-state index in [0.717, 1.165) is 51.9 Å². The fourth-order valence-corrected chi connectivity index (χ4v) is 7.47. The summed E-state index contributed by atoms with van der Waals surface area (Å²) in [5, 5.41) is 4.08. The van der Waals surface area contributed by atoms with Crippen LogP contribution in [0.15, 0.2) is 133 Å². The molecule has 0 aliphatic carbocycles. The topological polar surface area (TPSA) is 0 Å². The Labute approximate surface area is 354 Å². The van der Waals surface area contributed by atoms with Crippen LogP contribution in [-0.4, -0.2) is 0 Å². The monoisotopic (exact) mass is 874 g/mol. The zero-order valence-corrected chi connectivity index (χ0v) is 33.4. The Kier molecular flexibility index (Phi) is 12.5. The first-order valence-electron chi connectivity index (χ1n) is 19.6. The molecular formula is C51H34F12. The van der Waals surface area contributed by atoms with Crippen LogP contribution in [0.3, 0.4) is 0 Å². The quantitative estimate of drug-likeness (QED) is 0.140. The van der Waals surface area contributed by atoms with Gasteiger partial charge in [-0.05, 0) is 127 Å². The van der Waals surface area contributed by atoms with Crippen LogP contribution in [0, 0.1) is 34.9 Å². The summed E-state index contributed by atoms with van der Waals surface area (Å²) in [7, 11) is 0. The van der Waals surface area contributed by atoms with Crippen molar-refractivity contribution >= 4 is 21.5 Å². The smallest absolute Gasteiger partial charge is 0.206 e. The van der Waals surface area contributed by atoms with Gasteiger partial charge in [-0.1, -0.05) is 105 Å². The standard InChI is InChI=1S/C26H18F6.C25H16F6/c1-2-3-15-4-5-17-11-18(7-6-16(17)10-15)19-8-9-21(22(27)12-19)20-13-23(28)25(24(29)14-20)26(30,31)32;1-2-14-3-4-16-10-17(6-5-15(16)9-14)18-7-8-20(21(26)11-18)19-12-22(27)24(23(28)13-19)25(29,30)31/h4-14H,2-3H2,1H3;3-13H,2H2,1H3. The molecule has 0 heterocycles. The van der Waals surface area contributed by atoms with E-state index >= 15 is 0 Å². The number of fused-ring (bicyclic) bond motifs is 2. The second kappa shape index (κ2) is 17.7. The Balaban J connectivity index is 0.000000189. The van der Waals surface area contributed by atoms with Gasteiger partial charge in [0.2, 0.25) is 0 Å². The van der Waals surface area contributed by atoms with Gasteiger partial charge in [0.05, 0.1) is 0 Å². The highest BCUT2D eigenvalue weighted by molar-refractivity contribution is 5.89. The molecule has 8 aromatic rings. The van der Waals surface area contributed by atoms with Gasteiger partial charge in [0.15, 0.2) is 0 Å². The Morgan fingerprint density at radius 2 is 0.651 bits per heavy atom. The number of hydrogen-bond donors (Lipinski definition) is 0. The van der Waals surface area contributed by atoms with Gasteiger partial charge in [-0.3, -0.25) is 0 Å². The lowest BCUT2D eigenvalue weighted by Gasteiger charge is -2.12. The molecule has 0 aliphatic rings. The van der Waals surface area contributed by atoms with Gasteiger partial charge < -0.3 is 0 Å². The third-order valence-electron chi connectivity index (χ3n) is 10.6. The number of alkyl halides is 6. The van der Waals surface area contributed by atoms with E-state index in [9.17, 15) is 52.7 Å². The highest BCUT2D eigenvalue weighted by Crippen LogP contribution is 2.39. The SMILES string of the molecule is CCCc1ccc2cc(-c3ccc(-c4cc(F)c(C(F)(F)F)c(F)c4)c(F)c3)ccc2c1.CCc1ccc2cc(-c3ccc(-c4cc(F)c(C(F)(F)F)c(F)c4)c(F)c3)ccc2c1. The lowest BCUT2D eigenvalue weighted by atomic mass is 9.96. The fraction of sp³-hybridized carbons (Fsp3) is 0.137. The van der Waals surface area contributed by atoms with Crippen LogP contribution in [0.2, 0.25) is 0 Å². The first-order valence-corrected chi connectivity index (χ1v) is 19.6. The van der Waals surface area contributed by atoms with Crippen LogP contribution in [0.5, 0.6) is 0 Å². The summed E-state index contributed by atoms with van der Waals surface area (Å²) in [6.07, 6.45) is -7.42. The van der Waals surface area contributed by atoms with E-state index in [1.54, 1.807) is 12.1 Å². The minimum atomic E-state index is -5.18. The van der Waals surface area contributed by atoms with Crippen LogP contribution in [-0.2, 0) is 25.2 Å². The third-order valence-corrected chi connectivity index (χ3v) is 10.6. The zero-order valence-electron chi connectivity index (χ0n) is 33.4. The third kappa shape index (κ3) is 9.60. The van der Waals surface area contributed by atoms with Crippen molar-refractivity contribution in [3.8, 4) is 44.5 Å². The van der Waals surface area contributed by atoms with Crippen molar-refractivity contribution in [3.63, 3.8) is 0 Å². The predicted molar refractivity (Wildman–Crippen MR) is 223 cm³/mol. The Morgan fingerprint density at radius 1 is 0.333 bits per heavy atom. The first kappa shape index (κ1) is 44.5. The van der Waals surface area contributed by atoms with E-state index in [0.29, 0.717) is 35.4 Å². The summed E-state index contributed by atoms with van der Waals surface area (Å²) in [5.74, 6) is -8.73. The number of halogens is 12. The lowest BCUT2D eigenvalue weighted by Crippen LogP contribution is -2.11. The van der Waals surface area contributed by atoms with E-state index < -0.39 is 58.4 Å². The highest BCUT2D eigenvalue weighted by Gasteiger charge is 2.39. The van der Waals surface area contributed by atoms with E-state index in [4.69, 9.17) is 0 Å². The van der Waals surface area contributed by atoms with Gasteiger partial charge in [-0.25, -0.2) is 26.3 Å². The molecule has 322 valence electrons. The van der Waals surface area contributed by atoms with E-state index in [2.05, 4.69) is 26.0 Å². The van der Waals surface area contributed by atoms with Crippen LogP contribution < -0.4 is 0 Å². The normalized spacial score (nSPS) is 11.8. The molecule has 0 radical (unpaired) electrons. The molecule has 0 nitrogen and oxygen atoms in total. The lowest BCUT2D eigenvalue weighted by molar-refractivity contribution is -0.143. The van der Waals surface area contributed by atoms with Gasteiger partial charge in [0.25, 0.3) is 0 Å². The average Bonchev–Trinajstić information content (AvgIpc) is 3.21. The Bertz CT molecular complexity index is 2950. The van der Waals surface area contributed by atoms with Crippen molar-refractivity contribution in [3.05, 3.63) is 191 Å². The van der Waals surface area contributed by atoms with Crippen molar-refractivity contribution < 1.29 is 52.7 Å². The molecule has 0 aliphatic heterocycles. The Morgan fingerprint density at radius 3 is 1.02 bits per heavy atom. The second-order valence-electron chi connectivity index (χ2n) is 14.9. The molecule has 0 unspecified atom stereocenters. The van der Waals surface area contributed by atoms with Crippen molar-refractivity contribution in [2.24, 2.45) is 0 Å². The molecule has 0 saturated heterocycles. The number of aryl methyl sites for hydroxylation is 2. The molecular weight excluding hydrogens is 841 g/mol. The maximum atomic E-state index is 14.8. The predicted octanol–water partition coefficient (Wildman–Crippen LogP) is 16.7. The molecule has 0 fully saturated rings. The van der Waals surface area contributed by atoms with Crippen molar-refractivity contribution in [2.45, 2.75) is 45.5 Å². The van der Waals surface area contributed by atoms with Crippen LogP contribution in [0.4, 0.5) is 52.7 Å². The summed E-state index contributed by atoms with van der Waals surface area (Å²) in [4.78, 5) is 0. The summed E-state index contributed by atoms with van der Waals surface area (Å²) in [6.45, 7) is 4.17. The molecule has 8 aromatic carbocycles. The first-order chi connectivity index (χ1) is 29.8. The maximum Gasteiger partial charge on any atom is 0.422 e. The van der Waals surface area contributed by atoms with Crippen LogP contribution >= 0.6 is 0 Å². The number of benzene rings is 8. The fourth-order valence-electron chi connectivity index (χ4n) is 7.47. The van der Waals surface area contributed by atoms with Gasteiger partial charge >= 0.3 is 12.4 Å². The molecule has 0 spiro atoms. The molecule has 0 aromatic heterocycles. The van der Waals surface area contributed by atoms with Crippen LogP contribution in [0.1, 0.15) is 42.5 Å². The number of hydrogen-bond acceptors (Lipinski definition) is 0. The van der Waals surface area contributed by atoms with E-state index in [1.807, 2.05) is 60.7 Å². The van der Waals surface area contributed by atoms with E-state index in [1.165, 1.54) is 35.4 Å². The molecule has 0 atom stereocenters. The maximum absolute atomic E-state index is 14.8. The van der Waals surface area contributed by atoms with Crippen molar-refractivity contribution in [2.75, 3.05) is 0 Å². The van der Waals surface area contributed by atoms with Gasteiger partial charge in [-0.2, -0.15) is 26.3 Å². The largest absolute Gasteiger partial charge is 0.422 e. The van der Waals surface area contributed by atoms with E-state index in [-0.39, 0.29) is 22.3 Å². The highest BCUT2D eigenvalue weighted by atomic mass is 19.4. The molecule has 0 bridgehead atoms.